The van der Waals surface area contributed by atoms with Crippen LogP contribution in [0.2, 0.25) is 10.0 Å². The van der Waals surface area contributed by atoms with Gasteiger partial charge in [0.15, 0.2) is 0 Å². The van der Waals surface area contributed by atoms with Gasteiger partial charge in [0.05, 0.1) is 21.7 Å². The Morgan fingerprint density at radius 3 is 2.40 bits per heavy atom. The molecule has 1 spiro atoms. The molecule has 3 aromatic carbocycles. The molecule has 3 aromatic rings. The minimum atomic E-state index is -0.882. The van der Waals surface area contributed by atoms with E-state index in [1.165, 1.54) is 29.2 Å². The molecule has 6 nitrogen and oxygen atoms in total. The number of hydrogen-bond donors (Lipinski definition) is 1. The number of likely N-dealkylation sites (tertiary alicyclic amines) is 1. The number of ether oxygens (including phenoxy) is 1. The number of rotatable bonds is 7. The Morgan fingerprint density at radius 2 is 1.70 bits per heavy atom. The van der Waals surface area contributed by atoms with Gasteiger partial charge < -0.3 is 15.0 Å². The molecule has 1 atom stereocenters. The molecule has 2 aliphatic heterocycles. The van der Waals surface area contributed by atoms with Gasteiger partial charge in [0, 0.05) is 45.1 Å². The lowest BCUT2D eigenvalue weighted by Crippen LogP contribution is -2.51. The maximum absolute atomic E-state index is 14.2. The molecule has 1 fully saturated rings. The van der Waals surface area contributed by atoms with E-state index in [1.54, 1.807) is 43.4 Å². The lowest BCUT2D eigenvalue weighted by atomic mass is 9.81. The van der Waals surface area contributed by atoms with Gasteiger partial charge in [0.2, 0.25) is 5.91 Å². The summed E-state index contributed by atoms with van der Waals surface area (Å²) in [6.45, 7) is 2.09. The van der Waals surface area contributed by atoms with Gasteiger partial charge in [-0.1, -0.05) is 41.4 Å². The van der Waals surface area contributed by atoms with Crippen LogP contribution in [-0.2, 0) is 21.7 Å². The van der Waals surface area contributed by atoms with Crippen LogP contribution >= 0.6 is 23.2 Å². The van der Waals surface area contributed by atoms with Crippen molar-refractivity contribution in [1.82, 2.24) is 10.2 Å². The fourth-order valence-corrected chi connectivity index (χ4v) is 5.77. The summed E-state index contributed by atoms with van der Waals surface area (Å²) in [5.41, 5.74) is 1.99. The fraction of sp³-hybridized carbons (Fsp3) is 0.333. The average Bonchev–Trinajstić information content (AvgIpc) is 2.94. The second kappa shape index (κ2) is 11.7. The van der Waals surface area contributed by atoms with E-state index in [0.717, 1.165) is 11.1 Å². The molecule has 1 N–H and O–H groups in total. The molecule has 10 heteroatoms. The molecule has 0 aliphatic carbocycles. The highest BCUT2D eigenvalue weighted by Gasteiger charge is 2.46. The highest BCUT2D eigenvalue weighted by atomic mass is 35.5. The van der Waals surface area contributed by atoms with E-state index in [2.05, 4.69) is 10.2 Å². The molecular formula is C30H29Cl2F2N3O3. The van der Waals surface area contributed by atoms with E-state index in [9.17, 15) is 18.4 Å². The molecule has 1 saturated heterocycles. The quantitative estimate of drug-likeness (QED) is 0.336. The van der Waals surface area contributed by atoms with Crippen LogP contribution in [0.3, 0.4) is 0 Å². The van der Waals surface area contributed by atoms with Gasteiger partial charge >= 0.3 is 6.09 Å². The predicted octanol–water partition coefficient (Wildman–Crippen LogP) is 6.64. The van der Waals surface area contributed by atoms with Gasteiger partial charge in [0.1, 0.15) is 17.2 Å². The Labute approximate surface area is 241 Å². The average molecular weight is 588 g/mol. The van der Waals surface area contributed by atoms with Crippen LogP contribution in [0.5, 0.6) is 0 Å². The maximum atomic E-state index is 14.2. The normalized spacial score (nSPS) is 17.3. The Hall–Kier alpha value is -3.20. The van der Waals surface area contributed by atoms with Crippen LogP contribution in [0.4, 0.5) is 19.3 Å². The molecule has 0 aromatic heterocycles. The summed E-state index contributed by atoms with van der Waals surface area (Å²) in [4.78, 5) is 29.6. The first-order chi connectivity index (χ1) is 19.1. The first kappa shape index (κ1) is 28.3. The Kier molecular flexibility index (Phi) is 8.31. The fourth-order valence-electron chi connectivity index (χ4n) is 5.47. The Bertz CT molecular complexity index is 1410. The summed E-state index contributed by atoms with van der Waals surface area (Å²) in [6, 6.07) is 15.6. The van der Waals surface area contributed by atoms with Crippen molar-refractivity contribution < 1.29 is 23.1 Å². The zero-order valence-corrected chi connectivity index (χ0v) is 23.4. The number of carbonyl (C=O) groups is 2. The molecule has 2 amide bonds. The number of piperidine rings is 1. The van der Waals surface area contributed by atoms with E-state index in [1.807, 2.05) is 0 Å². The first-order valence-electron chi connectivity index (χ1n) is 13.1. The summed E-state index contributed by atoms with van der Waals surface area (Å²) in [5.74, 6) is -1.38. The number of amides is 2. The standard InChI is InChI=1S/C30H29Cl2F2N3O3/c1-36-27-9-7-22(34)17-24(27)30(40-29(36)39)11-14-37(15-12-30)13-10-23(20-4-8-25(31)26(32)16-20)28(38)35-18-19-2-5-21(33)6-3-19/h2-9,16-17,23H,10-15,18H2,1H3,(H,35,38). The van der Waals surface area contributed by atoms with Crippen LogP contribution in [0.1, 0.15) is 41.9 Å². The van der Waals surface area contributed by atoms with Crippen molar-refractivity contribution in [3.8, 4) is 0 Å². The zero-order chi connectivity index (χ0) is 28.4. The lowest BCUT2D eigenvalue weighted by Gasteiger charge is -2.46. The number of anilines is 1. The molecule has 1 unspecified atom stereocenters. The molecule has 0 saturated carbocycles. The summed E-state index contributed by atoms with van der Waals surface area (Å²) >= 11 is 12.4. The maximum Gasteiger partial charge on any atom is 0.414 e. The third-order valence-electron chi connectivity index (χ3n) is 7.81. The first-order valence-corrected chi connectivity index (χ1v) is 13.9. The van der Waals surface area contributed by atoms with Crippen molar-refractivity contribution in [2.45, 2.75) is 37.3 Å². The number of nitrogens with one attached hydrogen (secondary N) is 1. The van der Waals surface area contributed by atoms with E-state index < -0.39 is 17.6 Å². The van der Waals surface area contributed by atoms with Crippen molar-refractivity contribution in [3.05, 3.63) is 99.0 Å². The number of hydrogen-bond acceptors (Lipinski definition) is 4. The Morgan fingerprint density at radius 1 is 1.00 bits per heavy atom. The molecule has 2 heterocycles. The summed E-state index contributed by atoms with van der Waals surface area (Å²) in [7, 11) is 1.62. The summed E-state index contributed by atoms with van der Waals surface area (Å²) < 4.78 is 33.3. The highest BCUT2D eigenvalue weighted by molar-refractivity contribution is 6.42. The minimum absolute atomic E-state index is 0.176. The zero-order valence-electron chi connectivity index (χ0n) is 21.9. The Balaban J connectivity index is 1.27. The second-order valence-corrected chi connectivity index (χ2v) is 11.1. The van der Waals surface area contributed by atoms with Crippen molar-refractivity contribution in [2.75, 3.05) is 31.6 Å². The van der Waals surface area contributed by atoms with Crippen molar-refractivity contribution in [1.29, 1.82) is 0 Å². The molecule has 2 aliphatic rings. The summed E-state index contributed by atoms with van der Waals surface area (Å²) in [5, 5.41) is 3.73. The van der Waals surface area contributed by atoms with Crippen LogP contribution < -0.4 is 10.2 Å². The van der Waals surface area contributed by atoms with Gasteiger partial charge in [-0.25, -0.2) is 13.6 Å². The van der Waals surface area contributed by atoms with Crippen LogP contribution in [-0.4, -0.2) is 43.6 Å². The summed E-state index contributed by atoms with van der Waals surface area (Å²) in [6.07, 6.45) is 1.08. The third-order valence-corrected chi connectivity index (χ3v) is 8.55. The topological polar surface area (TPSA) is 61.9 Å². The van der Waals surface area contributed by atoms with Crippen LogP contribution in [0.15, 0.2) is 60.7 Å². The minimum Gasteiger partial charge on any atom is -0.437 e. The van der Waals surface area contributed by atoms with E-state index in [-0.39, 0.29) is 24.1 Å². The van der Waals surface area contributed by atoms with Crippen LogP contribution in [0.25, 0.3) is 0 Å². The van der Waals surface area contributed by atoms with E-state index in [0.29, 0.717) is 60.2 Å². The van der Waals surface area contributed by atoms with Crippen molar-refractivity contribution in [3.63, 3.8) is 0 Å². The number of halogens is 4. The number of benzene rings is 3. The van der Waals surface area contributed by atoms with Crippen molar-refractivity contribution >= 4 is 40.9 Å². The van der Waals surface area contributed by atoms with Gasteiger partial charge in [-0.15, -0.1) is 0 Å². The highest BCUT2D eigenvalue weighted by Crippen LogP contribution is 2.45. The van der Waals surface area contributed by atoms with E-state index in [4.69, 9.17) is 27.9 Å². The number of nitrogens with zero attached hydrogens (tertiary/aromatic N) is 2. The SMILES string of the molecule is CN1C(=O)OC2(CCN(CCC(C(=O)NCc3ccc(F)cc3)c3ccc(Cl)c(Cl)c3)CC2)c2cc(F)ccc21. The molecule has 40 heavy (non-hydrogen) atoms. The van der Waals surface area contributed by atoms with E-state index >= 15 is 0 Å². The van der Waals surface area contributed by atoms with Gasteiger partial charge in [-0.2, -0.15) is 0 Å². The largest absolute Gasteiger partial charge is 0.437 e. The second-order valence-electron chi connectivity index (χ2n) is 10.3. The lowest BCUT2D eigenvalue weighted by molar-refractivity contribution is -0.123. The monoisotopic (exact) mass is 587 g/mol. The number of fused-ring (bicyclic) bond motifs is 2. The third kappa shape index (κ3) is 5.94. The number of carbonyl (C=O) groups excluding carboxylic acids is 2. The molecule has 210 valence electrons. The molecule has 5 rings (SSSR count). The van der Waals surface area contributed by atoms with Crippen LogP contribution in [0, 0.1) is 11.6 Å². The van der Waals surface area contributed by atoms with Gasteiger partial charge in [-0.3, -0.25) is 9.69 Å². The van der Waals surface area contributed by atoms with Crippen molar-refractivity contribution in [2.24, 2.45) is 0 Å². The molecular weight excluding hydrogens is 559 g/mol. The predicted molar refractivity (Wildman–Crippen MR) is 151 cm³/mol. The van der Waals surface area contributed by atoms with Gasteiger partial charge in [-0.05, 0) is 66.6 Å². The van der Waals surface area contributed by atoms with Gasteiger partial charge in [0.25, 0.3) is 0 Å². The molecule has 0 radical (unpaired) electrons. The smallest absolute Gasteiger partial charge is 0.414 e. The molecule has 0 bridgehead atoms.